The number of primary amides is 1. The summed E-state index contributed by atoms with van der Waals surface area (Å²) in [6.45, 7) is 0. The lowest BCUT2D eigenvalue weighted by molar-refractivity contribution is -0.137. The van der Waals surface area contributed by atoms with Crippen molar-refractivity contribution >= 4 is 11.8 Å². The van der Waals surface area contributed by atoms with Crippen LogP contribution < -0.4 is 11.1 Å². The second-order valence-electron chi connectivity index (χ2n) is 5.19. The molecule has 4 nitrogen and oxygen atoms in total. The van der Waals surface area contributed by atoms with Gasteiger partial charge >= 0.3 is 6.18 Å². The van der Waals surface area contributed by atoms with Gasteiger partial charge in [0.05, 0.1) is 5.56 Å². The lowest BCUT2D eigenvalue weighted by Gasteiger charge is -2.16. The predicted octanol–water partition coefficient (Wildman–Crippen LogP) is 2.53. The Bertz CT molecular complexity index is 713. The largest absolute Gasteiger partial charge is 0.416 e. The third-order valence-electron chi connectivity index (χ3n) is 3.41. The lowest BCUT2D eigenvalue weighted by Crippen LogP contribution is -2.45. The number of hydrogen-bond donors (Lipinski definition) is 2. The Labute approximate surface area is 136 Å². The Morgan fingerprint density at radius 3 is 2.08 bits per heavy atom. The minimum Gasteiger partial charge on any atom is -0.368 e. The molecule has 2 amide bonds. The maximum atomic E-state index is 12.5. The van der Waals surface area contributed by atoms with Crippen molar-refractivity contribution in [1.82, 2.24) is 5.32 Å². The quantitative estimate of drug-likeness (QED) is 0.881. The lowest BCUT2D eigenvalue weighted by atomic mass is 10.0. The first-order valence-corrected chi connectivity index (χ1v) is 7.09. The molecule has 2 rings (SSSR count). The monoisotopic (exact) mass is 336 g/mol. The van der Waals surface area contributed by atoms with E-state index in [1.54, 1.807) is 30.3 Å². The Hall–Kier alpha value is -2.83. The number of rotatable bonds is 5. The van der Waals surface area contributed by atoms with E-state index in [0.717, 1.165) is 12.1 Å². The molecule has 3 N–H and O–H groups in total. The van der Waals surface area contributed by atoms with E-state index in [1.165, 1.54) is 12.1 Å². The van der Waals surface area contributed by atoms with Crippen molar-refractivity contribution in [3.8, 4) is 0 Å². The number of amides is 2. The molecule has 1 atom stereocenters. The van der Waals surface area contributed by atoms with E-state index in [4.69, 9.17) is 5.73 Å². The van der Waals surface area contributed by atoms with Gasteiger partial charge in [-0.15, -0.1) is 0 Å². The molecule has 0 bridgehead atoms. The van der Waals surface area contributed by atoms with Gasteiger partial charge in [0.15, 0.2) is 0 Å². The van der Waals surface area contributed by atoms with Gasteiger partial charge in [0, 0.05) is 12.0 Å². The fourth-order valence-electron chi connectivity index (χ4n) is 2.12. The van der Waals surface area contributed by atoms with E-state index in [2.05, 4.69) is 5.32 Å². The molecule has 0 fully saturated rings. The second kappa shape index (κ2) is 7.16. The van der Waals surface area contributed by atoms with E-state index in [-0.39, 0.29) is 6.42 Å². The number of benzene rings is 2. The Kier molecular flexibility index (Phi) is 5.23. The van der Waals surface area contributed by atoms with E-state index in [9.17, 15) is 22.8 Å². The van der Waals surface area contributed by atoms with Gasteiger partial charge < -0.3 is 11.1 Å². The summed E-state index contributed by atoms with van der Waals surface area (Å²) in [7, 11) is 0. The van der Waals surface area contributed by atoms with Gasteiger partial charge in [0.25, 0.3) is 5.91 Å². The first kappa shape index (κ1) is 17.5. The molecule has 24 heavy (non-hydrogen) atoms. The van der Waals surface area contributed by atoms with Gasteiger partial charge in [-0.3, -0.25) is 9.59 Å². The average Bonchev–Trinajstić information content (AvgIpc) is 2.54. The van der Waals surface area contributed by atoms with Crippen molar-refractivity contribution in [2.24, 2.45) is 5.73 Å². The summed E-state index contributed by atoms with van der Waals surface area (Å²) >= 11 is 0. The van der Waals surface area contributed by atoms with Crippen molar-refractivity contribution in [2.45, 2.75) is 18.6 Å². The molecule has 0 saturated carbocycles. The number of nitrogens with two attached hydrogens (primary N) is 1. The van der Waals surface area contributed by atoms with Crippen LogP contribution >= 0.6 is 0 Å². The van der Waals surface area contributed by atoms with E-state index in [0.29, 0.717) is 11.1 Å². The van der Waals surface area contributed by atoms with Crippen LogP contribution in [0.25, 0.3) is 0 Å². The molecule has 0 aliphatic carbocycles. The van der Waals surface area contributed by atoms with Gasteiger partial charge in [-0.25, -0.2) is 0 Å². The van der Waals surface area contributed by atoms with Gasteiger partial charge in [-0.05, 0) is 29.8 Å². The topological polar surface area (TPSA) is 72.2 Å². The normalized spacial score (nSPS) is 12.5. The molecular formula is C17H15F3N2O2. The molecular weight excluding hydrogens is 321 g/mol. The van der Waals surface area contributed by atoms with Crippen LogP contribution in [-0.2, 0) is 17.4 Å². The number of halogens is 3. The highest BCUT2D eigenvalue weighted by atomic mass is 19.4. The molecule has 126 valence electrons. The molecule has 0 heterocycles. The molecule has 0 unspecified atom stereocenters. The van der Waals surface area contributed by atoms with Crippen LogP contribution in [0.15, 0.2) is 54.6 Å². The third-order valence-corrected chi connectivity index (χ3v) is 3.41. The number of carbonyl (C=O) groups is 2. The highest BCUT2D eigenvalue weighted by molar-refractivity contribution is 5.97. The van der Waals surface area contributed by atoms with Crippen molar-refractivity contribution < 1.29 is 22.8 Å². The standard InChI is InChI=1S/C17H15F3N2O2/c18-17(19,20)13-8-6-11(7-9-13)10-14(15(21)23)22-16(24)12-4-2-1-3-5-12/h1-9,14H,10H2,(H2,21,23)(H,22,24)/t14-/m1/s1. The maximum absolute atomic E-state index is 12.5. The van der Waals surface area contributed by atoms with Crippen molar-refractivity contribution in [2.75, 3.05) is 0 Å². The zero-order valence-electron chi connectivity index (χ0n) is 12.5. The zero-order chi connectivity index (χ0) is 17.7. The van der Waals surface area contributed by atoms with E-state index >= 15 is 0 Å². The van der Waals surface area contributed by atoms with Gasteiger partial charge in [-0.2, -0.15) is 13.2 Å². The number of nitrogens with one attached hydrogen (secondary N) is 1. The fraction of sp³-hybridized carbons (Fsp3) is 0.176. The highest BCUT2D eigenvalue weighted by Gasteiger charge is 2.30. The molecule has 0 aliphatic heterocycles. The Morgan fingerprint density at radius 1 is 1.00 bits per heavy atom. The molecule has 7 heteroatoms. The molecule has 0 aliphatic rings. The smallest absolute Gasteiger partial charge is 0.368 e. The van der Waals surface area contributed by atoms with Crippen LogP contribution in [0.4, 0.5) is 13.2 Å². The van der Waals surface area contributed by atoms with Crippen LogP contribution in [-0.4, -0.2) is 17.9 Å². The zero-order valence-corrected chi connectivity index (χ0v) is 12.5. The Balaban J connectivity index is 2.09. The summed E-state index contributed by atoms with van der Waals surface area (Å²) < 4.78 is 37.6. The van der Waals surface area contributed by atoms with Crippen LogP contribution in [0.2, 0.25) is 0 Å². The molecule has 2 aromatic carbocycles. The maximum Gasteiger partial charge on any atom is 0.416 e. The Morgan fingerprint density at radius 2 is 1.58 bits per heavy atom. The summed E-state index contributed by atoms with van der Waals surface area (Å²) in [6.07, 6.45) is -4.42. The van der Waals surface area contributed by atoms with Crippen molar-refractivity contribution in [3.05, 3.63) is 71.3 Å². The SMILES string of the molecule is NC(=O)[C@@H](Cc1ccc(C(F)(F)F)cc1)NC(=O)c1ccccc1. The molecule has 0 radical (unpaired) electrons. The first-order valence-electron chi connectivity index (χ1n) is 7.09. The highest BCUT2D eigenvalue weighted by Crippen LogP contribution is 2.29. The summed E-state index contributed by atoms with van der Waals surface area (Å²) in [5.41, 5.74) is 5.31. The number of carbonyl (C=O) groups excluding carboxylic acids is 2. The van der Waals surface area contributed by atoms with Gasteiger partial charge in [0.1, 0.15) is 6.04 Å². The summed E-state index contributed by atoms with van der Waals surface area (Å²) in [4.78, 5) is 23.6. The summed E-state index contributed by atoms with van der Waals surface area (Å²) in [5, 5.41) is 2.49. The van der Waals surface area contributed by atoms with E-state index < -0.39 is 29.6 Å². The molecule has 0 spiro atoms. The van der Waals surface area contributed by atoms with Crippen LogP contribution in [0.5, 0.6) is 0 Å². The van der Waals surface area contributed by atoms with Crippen molar-refractivity contribution in [3.63, 3.8) is 0 Å². The molecule has 2 aromatic rings. The summed E-state index contributed by atoms with van der Waals surface area (Å²) in [6, 6.07) is 11.6. The first-order chi connectivity index (χ1) is 11.3. The van der Waals surface area contributed by atoms with Gasteiger partial charge in [-0.1, -0.05) is 30.3 Å². The average molecular weight is 336 g/mol. The molecule has 0 saturated heterocycles. The third kappa shape index (κ3) is 4.58. The summed E-state index contributed by atoms with van der Waals surface area (Å²) in [5.74, 6) is -1.24. The predicted molar refractivity (Wildman–Crippen MR) is 82.0 cm³/mol. The van der Waals surface area contributed by atoms with Crippen LogP contribution in [0.3, 0.4) is 0 Å². The number of alkyl halides is 3. The minimum absolute atomic E-state index is 0.00600. The molecule has 0 aromatic heterocycles. The van der Waals surface area contributed by atoms with Gasteiger partial charge in [0.2, 0.25) is 5.91 Å². The van der Waals surface area contributed by atoms with Crippen LogP contribution in [0.1, 0.15) is 21.5 Å². The number of hydrogen-bond acceptors (Lipinski definition) is 2. The second-order valence-corrected chi connectivity index (χ2v) is 5.19. The van der Waals surface area contributed by atoms with E-state index in [1.807, 2.05) is 0 Å². The van der Waals surface area contributed by atoms with Crippen LogP contribution in [0, 0.1) is 0 Å². The fourth-order valence-corrected chi connectivity index (χ4v) is 2.12. The minimum atomic E-state index is -4.43. The van der Waals surface area contributed by atoms with Crippen molar-refractivity contribution in [1.29, 1.82) is 0 Å².